The summed E-state index contributed by atoms with van der Waals surface area (Å²) in [7, 11) is 0. The molecule has 0 aliphatic carbocycles. The Balaban J connectivity index is 2.20. The molecule has 0 fully saturated rings. The van der Waals surface area contributed by atoms with Gasteiger partial charge in [0.2, 0.25) is 5.91 Å². The number of Topliss-reactive ketones (excluding diaryl/α,β-unsaturated/α-hetero) is 1. The maximum absolute atomic E-state index is 12.7. The first kappa shape index (κ1) is 16.3. The molecule has 110 valence electrons. The number of benzene rings is 1. The fourth-order valence-electron chi connectivity index (χ4n) is 1.74. The van der Waals surface area contributed by atoms with Crippen LogP contribution in [0.15, 0.2) is 24.3 Å². The summed E-state index contributed by atoms with van der Waals surface area (Å²) in [5, 5.41) is 11.3. The molecule has 2 N–H and O–H groups in total. The van der Waals surface area contributed by atoms with E-state index in [1.54, 1.807) is 0 Å². The Morgan fingerprint density at radius 1 is 1.05 bits per heavy atom. The molecule has 0 saturated heterocycles. The Morgan fingerprint density at radius 3 is 2.40 bits per heavy atom. The summed E-state index contributed by atoms with van der Waals surface area (Å²) in [6, 6.07) is 5.30. The highest BCUT2D eigenvalue weighted by Gasteiger charge is 2.09. The summed E-state index contributed by atoms with van der Waals surface area (Å²) in [5.74, 6) is -0.716. The molecule has 0 aliphatic rings. The molecule has 0 spiro atoms. The molecular weight excluding hydrogens is 261 g/mol. The van der Waals surface area contributed by atoms with Crippen LogP contribution in [0.5, 0.6) is 0 Å². The van der Waals surface area contributed by atoms with Crippen molar-refractivity contribution in [3.63, 3.8) is 0 Å². The average molecular weight is 281 g/mol. The number of rotatable bonds is 9. The third-order valence-electron chi connectivity index (χ3n) is 2.90. The number of halogens is 1. The van der Waals surface area contributed by atoms with E-state index in [1.807, 2.05) is 0 Å². The van der Waals surface area contributed by atoms with Gasteiger partial charge in [0.05, 0.1) is 0 Å². The molecule has 0 aliphatic heterocycles. The third-order valence-corrected chi connectivity index (χ3v) is 2.90. The van der Waals surface area contributed by atoms with Crippen LogP contribution in [-0.2, 0) is 4.79 Å². The third kappa shape index (κ3) is 6.43. The Kier molecular flexibility index (Phi) is 7.50. The highest BCUT2D eigenvalue weighted by molar-refractivity contribution is 5.97. The molecule has 1 aromatic rings. The minimum absolute atomic E-state index is 0.119. The lowest BCUT2D eigenvalue weighted by atomic mass is 10.1. The zero-order valence-corrected chi connectivity index (χ0v) is 11.4. The first-order chi connectivity index (χ1) is 9.63. The van der Waals surface area contributed by atoms with Gasteiger partial charge < -0.3 is 10.4 Å². The van der Waals surface area contributed by atoms with Gasteiger partial charge in [0.15, 0.2) is 5.78 Å². The number of aliphatic hydroxyl groups is 1. The van der Waals surface area contributed by atoms with Gasteiger partial charge in [0, 0.05) is 31.6 Å². The van der Waals surface area contributed by atoms with Crippen LogP contribution in [0.25, 0.3) is 0 Å². The van der Waals surface area contributed by atoms with E-state index < -0.39 is 0 Å². The fraction of sp³-hybridized carbons (Fsp3) is 0.467. The number of amides is 1. The highest BCUT2D eigenvalue weighted by Crippen LogP contribution is 2.07. The Labute approximate surface area is 118 Å². The molecule has 0 bridgehead atoms. The lowest BCUT2D eigenvalue weighted by molar-refractivity contribution is -0.121. The Hall–Kier alpha value is -1.75. The summed E-state index contributed by atoms with van der Waals surface area (Å²) < 4.78 is 12.7. The van der Waals surface area contributed by atoms with Crippen molar-refractivity contribution >= 4 is 11.7 Å². The van der Waals surface area contributed by atoms with Crippen molar-refractivity contribution in [3.8, 4) is 0 Å². The molecule has 0 heterocycles. The van der Waals surface area contributed by atoms with Crippen molar-refractivity contribution in [2.45, 2.75) is 32.1 Å². The van der Waals surface area contributed by atoms with Crippen molar-refractivity contribution in [2.24, 2.45) is 0 Å². The first-order valence-electron chi connectivity index (χ1n) is 6.80. The van der Waals surface area contributed by atoms with Gasteiger partial charge in [-0.2, -0.15) is 0 Å². The predicted molar refractivity (Wildman–Crippen MR) is 73.9 cm³/mol. The number of aliphatic hydroxyl groups excluding tert-OH is 1. The van der Waals surface area contributed by atoms with E-state index in [0.717, 1.165) is 19.3 Å². The van der Waals surface area contributed by atoms with Gasteiger partial charge in [-0.3, -0.25) is 9.59 Å². The smallest absolute Gasteiger partial charge is 0.220 e. The number of hydrogen-bond acceptors (Lipinski definition) is 3. The lowest BCUT2D eigenvalue weighted by Crippen LogP contribution is -2.24. The van der Waals surface area contributed by atoms with Crippen molar-refractivity contribution in [2.75, 3.05) is 13.2 Å². The minimum atomic E-state index is -0.387. The summed E-state index contributed by atoms with van der Waals surface area (Å²) in [6.45, 7) is 0.726. The number of ketones is 1. The standard InChI is InChI=1S/C15H20FNO3/c16-13-6-4-12(5-7-13)14(19)8-9-15(20)17-10-2-1-3-11-18/h4-7,18H,1-3,8-11H2,(H,17,20). The van der Waals surface area contributed by atoms with Crippen molar-refractivity contribution in [3.05, 3.63) is 35.6 Å². The maximum atomic E-state index is 12.7. The highest BCUT2D eigenvalue weighted by atomic mass is 19.1. The van der Waals surface area contributed by atoms with Crippen molar-refractivity contribution < 1.29 is 19.1 Å². The van der Waals surface area contributed by atoms with Crippen LogP contribution in [0.2, 0.25) is 0 Å². The largest absolute Gasteiger partial charge is 0.396 e. The molecule has 4 nitrogen and oxygen atoms in total. The molecule has 0 atom stereocenters. The first-order valence-corrected chi connectivity index (χ1v) is 6.80. The molecule has 5 heteroatoms. The van der Waals surface area contributed by atoms with Gasteiger partial charge in [-0.25, -0.2) is 4.39 Å². The number of carbonyl (C=O) groups is 2. The van der Waals surface area contributed by atoms with E-state index in [2.05, 4.69) is 5.32 Å². The summed E-state index contributed by atoms with van der Waals surface area (Å²) in [4.78, 5) is 23.2. The van der Waals surface area contributed by atoms with E-state index in [0.29, 0.717) is 12.1 Å². The summed E-state index contributed by atoms with van der Waals surface area (Å²) in [6.07, 6.45) is 2.67. The Bertz CT molecular complexity index is 431. The second-order valence-electron chi connectivity index (χ2n) is 4.56. The fourth-order valence-corrected chi connectivity index (χ4v) is 1.74. The van der Waals surface area contributed by atoms with E-state index in [9.17, 15) is 14.0 Å². The second-order valence-corrected chi connectivity index (χ2v) is 4.56. The number of hydrogen-bond donors (Lipinski definition) is 2. The summed E-state index contributed by atoms with van der Waals surface area (Å²) in [5.41, 5.74) is 0.419. The predicted octanol–water partition coefficient (Wildman–Crippen LogP) is 2.07. The van der Waals surface area contributed by atoms with Crippen molar-refractivity contribution in [1.29, 1.82) is 0 Å². The van der Waals surface area contributed by atoms with Gasteiger partial charge in [-0.05, 0) is 43.5 Å². The van der Waals surface area contributed by atoms with E-state index in [1.165, 1.54) is 24.3 Å². The molecule has 1 aromatic carbocycles. The van der Waals surface area contributed by atoms with Crippen LogP contribution >= 0.6 is 0 Å². The number of carbonyl (C=O) groups excluding carboxylic acids is 2. The molecule has 20 heavy (non-hydrogen) atoms. The van der Waals surface area contributed by atoms with Crippen LogP contribution in [-0.4, -0.2) is 29.9 Å². The monoisotopic (exact) mass is 281 g/mol. The lowest BCUT2D eigenvalue weighted by Gasteiger charge is -2.04. The zero-order valence-electron chi connectivity index (χ0n) is 11.4. The molecule has 1 amide bonds. The summed E-state index contributed by atoms with van der Waals surface area (Å²) >= 11 is 0. The minimum Gasteiger partial charge on any atom is -0.396 e. The Morgan fingerprint density at radius 2 is 1.75 bits per heavy atom. The van der Waals surface area contributed by atoms with E-state index >= 15 is 0 Å². The zero-order chi connectivity index (χ0) is 14.8. The molecule has 0 unspecified atom stereocenters. The maximum Gasteiger partial charge on any atom is 0.220 e. The van der Waals surface area contributed by atoms with Crippen LogP contribution in [0.3, 0.4) is 0 Å². The average Bonchev–Trinajstić information content (AvgIpc) is 2.45. The number of unbranched alkanes of at least 4 members (excludes halogenated alkanes) is 2. The normalized spacial score (nSPS) is 10.3. The molecule has 0 radical (unpaired) electrons. The van der Waals surface area contributed by atoms with Crippen molar-refractivity contribution in [1.82, 2.24) is 5.32 Å². The van der Waals surface area contributed by atoms with Crippen LogP contribution in [0.1, 0.15) is 42.5 Å². The quantitative estimate of drug-likeness (QED) is 0.538. The van der Waals surface area contributed by atoms with Crippen LogP contribution in [0.4, 0.5) is 4.39 Å². The molecule has 0 saturated carbocycles. The second kappa shape index (κ2) is 9.20. The SMILES string of the molecule is O=C(CCC(=O)c1ccc(F)cc1)NCCCCCO. The van der Waals surface area contributed by atoms with E-state index in [4.69, 9.17) is 5.11 Å². The molecule has 0 aromatic heterocycles. The molecular formula is C15H20FNO3. The number of nitrogens with one attached hydrogen (secondary N) is 1. The van der Waals surface area contributed by atoms with Gasteiger partial charge in [-0.1, -0.05) is 0 Å². The van der Waals surface area contributed by atoms with Gasteiger partial charge in [-0.15, -0.1) is 0 Å². The molecule has 1 rings (SSSR count). The van der Waals surface area contributed by atoms with Gasteiger partial charge in [0.25, 0.3) is 0 Å². The van der Waals surface area contributed by atoms with E-state index in [-0.39, 0.29) is 37.0 Å². The van der Waals surface area contributed by atoms with Crippen LogP contribution in [0, 0.1) is 5.82 Å². The van der Waals surface area contributed by atoms with Crippen LogP contribution < -0.4 is 5.32 Å². The van der Waals surface area contributed by atoms with Gasteiger partial charge in [0.1, 0.15) is 5.82 Å². The van der Waals surface area contributed by atoms with Gasteiger partial charge >= 0.3 is 0 Å². The topological polar surface area (TPSA) is 66.4 Å².